The number of carbonyl (C=O) groups is 1. The van der Waals surface area contributed by atoms with Crippen LogP contribution in [0.5, 0.6) is 0 Å². The summed E-state index contributed by atoms with van der Waals surface area (Å²) in [6.07, 6.45) is 0. The summed E-state index contributed by atoms with van der Waals surface area (Å²) in [6.45, 7) is 5.15. The molecule has 0 fully saturated rings. The molecule has 0 radical (unpaired) electrons. The molecule has 2 N–H and O–H groups in total. The smallest absolute Gasteiger partial charge is 0.261 e. The van der Waals surface area contributed by atoms with Gasteiger partial charge < -0.3 is 5.32 Å². The lowest BCUT2D eigenvalue weighted by Gasteiger charge is -2.12. The van der Waals surface area contributed by atoms with Crippen molar-refractivity contribution in [3.8, 4) is 0 Å². The second-order valence-corrected chi connectivity index (χ2v) is 7.58. The molecule has 132 valence electrons. The van der Waals surface area contributed by atoms with Crippen LogP contribution >= 0.6 is 0 Å². The summed E-state index contributed by atoms with van der Waals surface area (Å²) in [5.74, 6) is -0.360. The fourth-order valence-electron chi connectivity index (χ4n) is 2.50. The van der Waals surface area contributed by atoms with Crippen LogP contribution in [0.2, 0.25) is 0 Å². The van der Waals surface area contributed by atoms with Crippen LogP contribution in [0.3, 0.4) is 0 Å². The molecule has 0 spiro atoms. The second-order valence-electron chi connectivity index (χ2n) is 5.89. The SMILES string of the molecule is C=C(C)C(=O)Nc1cccc(S(=O)(=O)Nc2cccc3ccccc23)c1. The van der Waals surface area contributed by atoms with Crippen molar-refractivity contribution in [3.05, 3.63) is 78.9 Å². The van der Waals surface area contributed by atoms with E-state index in [-0.39, 0.29) is 10.8 Å². The minimum Gasteiger partial charge on any atom is -0.322 e. The molecule has 0 heterocycles. The standard InChI is InChI=1S/C20H18N2O3S/c1-14(2)20(23)21-16-9-6-10-17(13-16)26(24,25)22-19-12-5-8-15-7-3-4-11-18(15)19/h3-13,22H,1H2,2H3,(H,21,23). The zero-order chi connectivity index (χ0) is 18.7. The van der Waals surface area contributed by atoms with Crippen molar-refractivity contribution in [2.24, 2.45) is 0 Å². The Labute approximate surface area is 152 Å². The Bertz CT molecular complexity index is 1100. The van der Waals surface area contributed by atoms with Gasteiger partial charge in [-0.05, 0) is 36.6 Å². The number of benzene rings is 3. The van der Waals surface area contributed by atoms with Gasteiger partial charge in [-0.25, -0.2) is 8.42 Å². The highest BCUT2D eigenvalue weighted by molar-refractivity contribution is 7.92. The summed E-state index contributed by atoms with van der Waals surface area (Å²) >= 11 is 0. The van der Waals surface area contributed by atoms with E-state index in [0.29, 0.717) is 16.9 Å². The molecule has 0 saturated heterocycles. The third-order valence-electron chi connectivity index (χ3n) is 3.82. The topological polar surface area (TPSA) is 75.3 Å². The van der Waals surface area contributed by atoms with Gasteiger partial charge in [-0.15, -0.1) is 0 Å². The molecular weight excluding hydrogens is 348 g/mol. The Kier molecular flexibility index (Phi) is 4.77. The minimum atomic E-state index is -3.81. The maximum atomic E-state index is 12.8. The van der Waals surface area contributed by atoms with Gasteiger partial charge in [-0.1, -0.05) is 49.0 Å². The number of sulfonamides is 1. The number of nitrogens with one attached hydrogen (secondary N) is 2. The van der Waals surface area contributed by atoms with Crippen molar-refractivity contribution >= 4 is 38.1 Å². The number of hydrogen-bond acceptors (Lipinski definition) is 3. The molecule has 0 atom stereocenters. The summed E-state index contributed by atoms with van der Waals surface area (Å²) in [4.78, 5) is 11.8. The Morgan fingerprint density at radius 1 is 0.962 bits per heavy atom. The number of amides is 1. The zero-order valence-corrected chi connectivity index (χ0v) is 15.0. The molecule has 0 bridgehead atoms. The average Bonchev–Trinajstić information content (AvgIpc) is 2.62. The lowest BCUT2D eigenvalue weighted by atomic mass is 10.1. The van der Waals surface area contributed by atoms with Gasteiger partial charge in [0.15, 0.2) is 0 Å². The van der Waals surface area contributed by atoms with Crippen LogP contribution in [0.1, 0.15) is 6.92 Å². The van der Waals surface area contributed by atoms with Crippen LogP contribution in [0.15, 0.2) is 83.8 Å². The highest BCUT2D eigenvalue weighted by Crippen LogP contribution is 2.26. The molecule has 6 heteroatoms. The Balaban J connectivity index is 1.93. The van der Waals surface area contributed by atoms with E-state index >= 15 is 0 Å². The van der Waals surface area contributed by atoms with E-state index in [0.717, 1.165) is 10.8 Å². The maximum Gasteiger partial charge on any atom is 0.261 e. The summed E-state index contributed by atoms with van der Waals surface area (Å²) in [5.41, 5.74) is 1.23. The van der Waals surface area contributed by atoms with Crippen LogP contribution < -0.4 is 10.0 Å². The van der Waals surface area contributed by atoms with Crippen molar-refractivity contribution in [1.82, 2.24) is 0 Å². The Morgan fingerprint density at radius 3 is 2.42 bits per heavy atom. The van der Waals surface area contributed by atoms with Crippen LogP contribution in [0.25, 0.3) is 10.8 Å². The normalized spacial score (nSPS) is 11.1. The maximum absolute atomic E-state index is 12.8. The van der Waals surface area contributed by atoms with E-state index in [1.807, 2.05) is 30.3 Å². The zero-order valence-electron chi connectivity index (χ0n) is 14.2. The molecule has 0 aromatic heterocycles. The van der Waals surface area contributed by atoms with Gasteiger partial charge in [0.1, 0.15) is 0 Å². The molecular formula is C20H18N2O3S. The second kappa shape index (κ2) is 7.01. The van der Waals surface area contributed by atoms with Crippen LogP contribution in [0.4, 0.5) is 11.4 Å². The van der Waals surface area contributed by atoms with Gasteiger partial charge in [-0.2, -0.15) is 0 Å². The molecule has 0 aliphatic rings. The molecule has 0 aliphatic carbocycles. The highest BCUT2D eigenvalue weighted by Gasteiger charge is 2.16. The van der Waals surface area contributed by atoms with Crippen LogP contribution in [0, 0.1) is 0 Å². The lowest BCUT2D eigenvalue weighted by molar-refractivity contribution is -0.112. The third kappa shape index (κ3) is 3.75. The number of rotatable bonds is 5. The highest BCUT2D eigenvalue weighted by atomic mass is 32.2. The number of anilines is 2. The van der Waals surface area contributed by atoms with Crippen LogP contribution in [-0.2, 0) is 14.8 Å². The van der Waals surface area contributed by atoms with Crippen LogP contribution in [-0.4, -0.2) is 14.3 Å². The average molecular weight is 366 g/mol. The van der Waals surface area contributed by atoms with E-state index in [1.165, 1.54) is 12.1 Å². The van der Waals surface area contributed by atoms with Gasteiger partial charge in [0.05, 0.1) is 10.6 Å². The number of hydrogen-bond donors (Lipinski definition) is 2. The number of carbonyl (C=O) groups excluding carboxylic acids is 1. The van der Waals surface area contributed by atoms with Crippen molar-refractivity contribution < 1.29 is 13.2 Å². The first kappa shape index (κ1) is 17.7. The van der Waals surface area contributed by atoms with Crippen molar-refractivity contribution in [1.29, 1.82) is 0 Å². The summed E-state index contributed by atoms with van der Waals surface area (Å²) in [7, 11) is -3.81. The molecule has 3 aromatic rings. The summed E-state index contributed by atoms with van der Waals surface area (Å²) in [5, 5.41) is 4.37. The molecule has 3 aromatic carbocycles. The first-order valence-corrected chi connectivity index (χ1v) is 9.43. The Hall–Kier alpha value is -3.12. The lowest BCUT2D eigenvalue weighted by Crippen LogP contribution is -2.15. The van der Waals surface area contributed by atoms with Crippen molar-refractivity contribution in [3.63, 3.8) is 0 Å². The minimum absolute atomic E-state index is 0.0601. The van der Waals surface area contributed by atoms with E-state index in [9.17, 15) is 13.2 Å². The molecule has 3 rings (SSSR count). The first-order valence-electron chi connectivity index (χ1n) is 7.94. The van der Waals surface area contributed by atoms with Gasteiger partial charge in [0.2, 0.25) is 0 Å². The summed E-state index contributed by atoms with van der Waals surface area (Å²) < 4.78 is 28.2. The number of fused-ring (bicyclic) bond motifs is 1. The summed E-state index contributed by atoms with van der Waals surface area (Å²) in [6, 6.07) is 19.0. The third-order valence-corrected chi connectivity index (χ3v) is 5.19. The van der Waals surface area contributed by atoms with E-state index in [4.69, 9.17) is 0 Å². The molecule has 26 heavy (non-hydrogen) atoms. The van der Waals surface area contributed by atoms with Gasteiger partial charge in [-0.3, -0.25) is 9.52 Å². The molecule has 0 aliphatic heterocycles. The van der Waals surface area contributed by atoms with Crippen molar-refractivity contribution in [2.75, 3.05) is 10.0 Å². The molecule has 0 unspecified atom stereocenters. The molecule has 0 saturated carbocycles. The predicted molar refractivity (Wildman–Crippen MR) is 105 cm³/mol. The monoisotopic (exact) mass is 366 g/mol. The van der Waals surface area contributed by atoms with E-state index < -0.39 is 10.0 Å². The van der Waals surface area contributed by atoms with Gasteiger partial charge in [0.25, 0.3) is 15.9 Å². The predicted octanol–water partition coefficient (Wildman–Crippen LogP) is 4.16. The van der Waals surface area contributed by atoms with E-state index in [1.54, 1.807) is 31.2 Å². The first-order chi connectivity index (χ1) is 12.4. The van der Waals surface area contributed by atoms with Gasteiger partial charge >= 0.3 is 0 Å². The van der Waals surface area contributed by atoms with Gasteiger partial charge in [0, 0.05) is 16.6 Å². The van der Waals surface area contributed by atoms with E-state index in [2.05, 4.69) is 16.6 Å². The Morgan fingerprint density at radius 2 is 1.65 bits per heavy atom. The quantitative estimate of drug-likeness (QED) is 0.666. The fourth-order valence-corrected chi connectivity index (χ4v) is 3.62. The molecule has 5 nitrogen and oxygen atoms in total. The molecule has 1 amide bonds. The fraction of sp³-hybridized carbons (Fsp3) is 0.0500. The van der Waals surface area contributed by atoms with Crippen molar-refractivity contribution in [2.45, 2.75) is 11.8 Å². The largest absolute Gasteiger partial charge is 0.322 e.